The minimum atomic E-state index is -0.489. The maximum atomic E-state index is 12.2. The lowest BCUT2D eigenvalue weighted by atomic mass is 10.1. The molecule has 0 aromatic heterocycles. The summed E-state index contributed by atoms with van der Waals surface area (Å²) in [6.07, 6.45) is 3.15. The van der Waals surface area contributed by atoms with Crippen LogP contribution in [0.3, 0.4) is 0 Å². The number of halogens is 1. The van der Waals surface area contributed by atoms with Crippen LogP contribution in [0.25, 0.3) is 6.08 Å². The Morgan fingerprint density at radius 1 is 1.29 bits per heavy atom. The van der Waals surface area contributed by atoms with Crippen molar-refractivity contribution >= 4 is 29.3 Å². The Hall–Kier alpha value is -3.03. The second kappa shape index (κ2) is 8.56. The number of benzene rings is 2. The predicted molar refractivity (Wildman–Crippen MR) is 95.8 cm³/mol. The molecule has 2 aromatic rings. The van der Waals surface area contributed by atoms with Crippen LogP contribution in [0.2, 0.25) is 5.02 Å². The molecule has 2 aromatic carbocycles. The Morgan fingerprint density at radius 3 is 2.71 bits per heavy atom. The summed E-state index contributed by atoms with van der Waals surface area (Å²) >= 11 is 5.80. The quantitative estimate of drug-likeness (QED) is 0.481. The topological polar surface area (TPSA) is 62.1 Å². The molecular weight excluding hydrogens is 324 g/mol. The first kappa shape index (κ1) is 17.3. The average molecular weight is 339 g/mol. The highest BCUT2D eigenvalue weighted by Crippen LogP contribution is 2.18. The van der Waals surface area contributed by atoms with Crippen LogP contribution in [0, 0.1) is 11.3 Å². The first-order chi connectivity index (χ1) is 11.6. The summed E-state index contributed by atoms with van der Waals surface area (Å²) in [5, 5.41) is 12.5. The van der Waals surface area contributed by atoms with E-state index in [0.717, 1.165) is 0 Å². The molecular formula is C19H15ClN2O2. The lowest BCUT2D eigenvalue weighted by Gasteiger charge is -2.06. The highest BCUT2D eigenvalue weighted by molar-refractivity contribution is 6.30. The Labute approximate surface area is 145 Å². The van der Waals surface area contributed by atoms with Crippen LogP contribution in [-0.2, 0) is 4.79 Å². The van der Waals surface area contributed by atoms with E-state index >= 15 is 0 Å². The lowest BCUT2D eigenvalue weighted by Crippen LogP contribution is -2.13. The van der Waals surface area contributed by atoms with E-state index in [1.165, 1.54) is 6.08 Å². The van der Waals surface area contributed by atoms with Gasteiger partial charge in [0, 0.05) is 10.7 Å². The van der Waals surface area contributed by atoms with E-state index in [4.69, 9.17) is 16.3 Å². The number of carbonyl (C=O) groups excluding carboxylic acids is 1. The van der Waals surface area contributed by atoms with Gasteiger partial charge in [-0.3, -0.25) is 4.79 Å². The number of rotatable bonds is 6. The third kappa shape index (κ3) is 5.01. The number of carbonyl (C=O) groups is 1. The van der Waals surface area contributed by atoms with E-state index in [1.54, 1.807) is 54.6 Å². The second-order valence-corrected chi connectivity index (χ2v) is 5.24. The van der Waals surface area contributed by atoms with Gasteiger partial charge in [0.2, 0.25) is 0 Å². The molecule has 0 saturated carbocycles. The largest absolute Gasteiger partial charge is 0.490 e. The van der Waals surface area contributed by atoms with Crippen LogP contribution in [0.4, 0.5) is 5.69 Å². The number of amides is 1. The molecule has 1 N–H and O–H groups in total. The van der Waals surface area contributed by atoms with Gasteiger partial charge in [0.1, 0.15) is 24.0 Å². The van der Waals surface area contributed by atoms with E-state index in [-0.39, 0.29) is 5.57 Å². The fourth-order valence-electron chi connectivity index (χ4n) is 1.90. The SMILES string of the molecule is C=CCOc1cccc(/C=C(/C#N)C(=O)Nc2ccc(Cl)cc2)c1. The van der Waals surface area contributed by atoms with Crippen LogP contribution in [0.5, 0.6) is 5.75 Å². The van der Waals surface area contributed by atoms with Gasteiger partial charge in [0.15, 0.2) is 0 Å². The lowest BCUT2D eigenvalue weighted by molar-refractivity contribution is -0.112. The highest BCUT2D eigenvalue weighted by Gasteiger charge is 2.09. The molecule has 4 nitrogen and oxygen atoms in total. The third-order valence-electron chi connectivity index (χ3n) is 3.00. The van der Waals surface area contributed by atoms with Crippen molar-refractivity contribution in [1.29, 1.82) is 5.26 Å². The Balaban J connectivity index is 2.16. The Morgan fingerprint density at radius 2 is 2.04 bits per heavy atom. The molecule has 0 heterocycles. The molecule has 0 unspecified atom stereocenters. The molecule has 0 atom stereocenters. The minimum Gasteiger partial charge on any atom is -0.490 e. The number of hydrogen-bond acceptors (Lipinski definition) is 3. The van der Waals surface area contributed by atoms with Gasteiger partial charge in [-0.05, 0) is 48.0 Å². The molecule has 0 bridgehead atoms. The zero-order valence-corrected chi connectivity index (χ0v) is 13.6. The summed E-state index contributed by atoms with van der Waals surface area (Å²) in [6.45, 7) is 3.97. The average Bonchev–Trinajstić information content (AvgIpc) is 2.60. The summed E-state index contributed by atoms with van der Waals surface area (Å²) in [6, 6.07) is 15.7. The number of nitrogens with zero attached hydrogens (tertiary/aromatic N) is 1. The van der Waals surface area contributed by atoms with E-state index in [0.29, 0.717) is 28.6 Å². The fraction of sp³-hybridized carbons (Fsp3) is 0.0526. The highest BCUT2D eigenvalue weighted by atomic mass is 35.5. The monoisotopic (exact) mass is 338 g/mol. The van der Waals surface area contributed by atoms with Crippen molar-refractivity contribution < 1.29 is 9.53 Å². The van der Waals surface area contributed by atoms with Gasteiger partial charge in [-0.2, -0.15) is 5.26 Å². The van der Waals surface area contributed by atoms with Crippen LogP contribution in [0.1, 0.15) is 5.56 Å². The van der Waals surface area contributed by atoms with Crippen molar-refractivity contribution in [3.05, 3.63) is 77.3 Å². The molecule has 2 rings (SSSR count). The van der Waals surface area contributed by atoms with Gasteiger partial charge in [0.05, 0.1) is 0 Å². The van der Waals surface area contributed by atoms with E-state index < -0.39 is 5.91 Å². The predicted octanol–water partition coefficient (Wildman–Crippen LogP) is 4.45. The molecule has 0 aliphatic carbocycles. The zero-order valence-electron chi connectivity index (χ0n) is 12.8. The molecule has 0 aliphatic heterocycles. The van der Waals surface area contributed by atoms with Gasteiger partial charge < -0.3 is 10.1 Å². The van der Waals surface area contributed by atoms with Gasteiger partial charge in [-0.15, -0.1) is 0 Å². The van der Waals surface area contributed by atoms with Crippen LogP contribution >= 0.6 is 11.6 Å². The maximum Gasteiger partial charge on any atom is 0.266 e. The second-order valence-electron chi connectivity index (χ2n) is 4.80. The van der Waals surface area contributed by atoms with Crippen molar-refractivity contribution in [1.82, 2.24) is 0 Å². The minimum absolute atomic E-state index is 0.00850. The standard InChI is InChI=1S/C19H15ClN2O2/c1-2-10-24-18-5-3-4-14(12-18)11-15(13-21)19(23)22-17-8-6-16(20)7-9-17/h2-9,11-12H,1,10H2,(H,22,23)/b15-11-. The molecule has 5 heteroatoms. The number of ether oxygens (including phenoxy) is 1. The molecule has 0 radical (unpaired) electrons. The van der Waals surface area contributed by atoms with Crippen molar-refractivity contribution in [3.63, 3.8) is 0 Å². The normalized spacial score (nSPS) is 10.6. The number of anilines is 1. The van der Waals surface area contributed by atoms with Crippen molar-refractivity contribution in [2.75, 3.05) is 11.9 Å². The number of nitriles is 1. The van der Waals surface area contributed by atoms with Crippen molar-refractivity contribution in [2.45, 2.75) is 0 Å². The molecule has 0 fully saturated rings. The molecule has 120 valence electrons. The molecule has 1 amide bonds. The van der Waals surface area contributed by atoms with Gasteiger partial charge >= 0.3 is 0 Å². The van der Waals surface area contributed by atoms with Crippen LogP contribution in [-0.4, -0.2) is 12.5 Å². The summed E-state index contributed by atoms with van der Waals surface area (Å²) in [5.74, 6) is 0.149. The van der Waals surface area contributed by atoms with E-state index in [2.05, 4.69) is 11.9 Å². The van der Waals surface area contributed by atoms with E-state index in [1.807, 2.05) is 6.07 Å². The van der Waals surface area contributed by atoms with Crippen molar-refractivity contribution in [3.8, 4) is 11.8 Å². The third-order valence-corrected chi connectivity index (χ3v) is 3.26. The number of nitrogens with one attached hydrogen (secondary N) is 1. The van der Waals surface area contributed by atoms with Gasteiger partial charge in [0.25, 0.3) is 5.91 Å². The van der Waals surface area contributed by atoms with Gasteiger partial charge in [-0.25, -0.2) is 0 Å². The van der Waals surface area contributed by atoms with E-state index in [9.17, 15) is 10.1 Å². The van der Waals surface area contributed by atoms with Gasteiger partial charge in [-0.1, -0.05) is 36.4 Å². The molecule has 0 saturated heterocycles. The molecule has 0 spiro atoms. The molecule has 0 aliphatic rings. The smallest absolute Gasteiger partial charge is 0.266 e. The number of hydrogen-bond donors (Lipinski definition) is 1. The van der Waals surface area contributed by atoms with Crippen molar-refractivity contribution in [2.24, 2.45) is 0 Å². The zero-order chi connectivity index (χ0) is 17.4. The summed E-state index contributed by atoms with van der Waals surface area (Å²) in [4.78, 5) is 12.2. The Bertz CT molecular complexity index is 805. The van der Waals surface area contributed by atoms with Crippen LogP contribution in [0.15, 0.2) is 66.8 Å². The maximum absolute atomic E-state index is 12.2. The Kier molecular flexibility index (Phi) is 6.18. The summed E-state index contributed by atoms with van der Waals surface area (Å²) < 4.78 is 5.44. The summed E-state index contributed by atoms with van der Waals surface area (Å²) in [7, 11) is 0. The summed E-state index contributed by atoms with van der Waals surface area (Å²) in [5.41, 5.74) is 1.25. The first-order valence-electron chi connectivity index (χ1n) is 7.15. The molecule has 24 heavy (non-hydrogen) atoms. The van der Waals surface area contributed by atoms with Crippen LogP contribution < -0.4 is 10.1 Å². The first-order valence-corrected chi connectivity index (χ1v) is 7.52. The fourth-order valence-corrected chi connectivity index (χ4v) is 2.02.